The van der Waals surface area contributed by atoms with Gasteiger partial charge in [-0.2, -0.15) is 0 Å². The molecular formula is C14H17N3O2. The van der Waals surface area contributed by atoms with Crippen LogP contribution in [0.15, 0.2) is 29.1 Å². The van der Waals surface area contributed by atoms with Crippen LogP contribution in [0.5, 0.6) is 5.75 Å². The van der Waals surface area contributed by atoms with E-state index in [0.717, 1.165) is 17.7 Å². The number of aromatic nitrogens is 2. The molecule has 0 saturated carbocycles. The largest absolute Gasteiger partial charge is 0.497 e. The summed E-state index contributed by atoms with van der Waals surface area (Å²) in [6.45, 7) is 2.00. The van der Waals surface area contributed by atoms with Gasteiger partial charge in [0.05, 0.1) is 12.7 Å². The molecule has 0 bridgehead atoms. The summed E-state index contributed by atoms with van der Waals surface area (Å²) in [6.07, 6.45) is 1.49. The molecular weight excluding hydrogens is 242 g/mol. The van der Waals surface area contributed by atoms with Crippen LogP contribution in [0.4, 0.5) is 5.82 Å². The number of nitrogens with one attached hydrogen (secondary N) is 1. The SMILES string of the molecule is CCCc1c(N)nc(-c2ccc(OC)cc2)[nH]c1=O. The molecule has 1 aromatic heterocycles. The summed E-state index contributed by atoms with van der Waals surface area (Å²) >= 11 is 0. The molecule has 0 saturated heterocycles. The Morgan fingerprint density at radius 3 is 2.53 bits per heavy atom. The lowest BCUT2D eigenvalue weighted by Crippen LogP contribution is -2.18. The van der Waals surface area contributed by atoms with Gasteiger partial charge < -0.3 is 15.5 Å². The zero-order chi connectivity index (χ0) is 13.8. The maximum absolute atomic E-state index is 11.9. The molecule has 1 heterocycles. The van der Waals surface area contributed by atoms with E-state index in [4.69, 9.17) is 10.5 Å². The highest BCUT2D eigenvalue weighted by Gasteiger charge is 2.09. The van der Waals surface area contributed by atoms with E-state index in [1.807, 2.05) is 31.2 Å². The molecule has 0 spiro atoms. The molecule has 5 nitrogen and oxygen atoms in total. The fourth-order valence-corrected chi connectivity index (χ4v) is 1.89. The number of hydrogen-bond acceptors (Lipinski definition) is 4. The van der Waals surface area contributed by atoms with Crippen LogP contribution >= 0.6 is 0 Å². The topological polar surface area (TPSA) is 81.0 Å². The molecule has 100 valence electrons. The number of anilines is 1. The number of hydrogen-bond donors (Lipinski definition) is 2. The second kappa shape index (κ2) is 5.56. The lowest BCUT2D eigenvalue weighted by atomic mass is 10.1. The van der Waals surface area contributed by atoms with Crippen LogP contribution in [-0.2, 0) is 6.42 Å². The van der Waals surface area contributed by atoms with Crippen molar-refractivity contribution in [3.8, 4) is 17.1 Å². The van der Waals surface area contributed by atoms with Crippen LogP contribution < -0.4 is 16.0 Å². The number of H-pyrrole nitrogens is 1. The first kappa shape index (κ1) is 13.1. The first-order valence-corrected chi connectivity index (χ1v) is 6.18. The van der Waals surface area contributed by atoms with Gasteiger partial charge >= 0.3 is 0 Å². The summed E-state index contributed by atoms with van der Waals surface area (Å²) in [4.78, 5) is 19.0. The standard InChI is InChI=1S/C14H17N3O2/c1-3-4-11-12(15)16-13(17-14(11)18)9-5-7-10(19-2)8-6-9/h5-8H,3-4H2,1-2H3,(H3,15,16,17,18). The fraction of sp³-hybridized carbons (Fsp3) is 0.286. The molecule has 0 atom stereocenters. The van der Waals surface area contributed by atoms with Crippen molar-refractivity contribution in [1.29, 1.82) is 0 Å². The molecule has 0 aliphatic heterocycles. The van der Waals surface area contributed by atoms with Gasteiger partial charge in [-0.05, 0) is 30.7 Å². The Hall–Kier alpha value is -2.30. The lowest BCUT2D eigenvalue weighted by Gasteiger charge is -2.07. The van der Waals surface area contributed by atoms with E-state index in [-0.39, 0.29) is 5.56 Å². The van der Waals surface area contributed by atoms with Crippen LogP contribution in [0.3, 0.4) is 0 Å². The number of methoxy groups -OCH3 is 1. The van der Waals surface area contributed by atoms with E-state index in [1.165, 1.54) is 0 Å². The van der Waals surface area contributed by atoms with E-state index < -0.39 is 0 Å². The van der Waals surface area contributed by atoms with Crippen molar-refractivity contribution in [3.05, 3.63) is 40.2 Å². The van der Waals surface area contributed by atoms with Crippen molar-refractivity contribution >= 4 is 5.82 Å². The van der Waals surface area contributed by atoms with Gasteiger partial charge in [0.2, 0.25) is 0 Å². The number of rotatable bonds is 4. The van der Waals surface area contributed by atoms with E-state index in [2.05, 4.69) is 9.97 Å². The van der Waals surface area contributed by atoms with Gasteiger partial charge in [0.1, 0.15) is 17.4 Å². The normalized spacial score (nSPS) is 10.4. The monoisotopic (exact) mass is 259 g/mol. The molecule has 0 radical (unpaired) electrons. The van der Waals surface area contributed by atoms with Crippen molar-refractivity contribution in [2.45, 2.75) is 19.8 Å². The number of benzene rings is 1. The van der Waals surface area contributed by atoms with Gasteiger partial charge in [-0.1, -0.05) is 13.3 Å². The number of nitrogens with two attached hydrogens (primary N) is 1. The second-order valence-corrected chi connectivity index (χ2v) is 4.26. The second-order valence-electron chi connectivity index (χ2n) is 4.26. The molecule has 0 aliphatic carbocycles. The third-order valence-corrected chi connectivity index (χ3v) is 2.91. The molecule has 0 amide bonds. The average molecular weight is 259 g/mol. The Kier molecular flexibility index (Phi) is 3.85. The molecule has 0 fully saturated rings. The van der Waals surface area contributed by atoms with E-state index in [1.54, 1.807) is 7.11 Å². The van der Waals surface area contributed by atoms with Crippen molar-refractivity contribution in [2.75, 3.05) is 12.8 Å². The first-order chi connectivity index (χ1) is 9.15. The molecule has 0 unspecified atom stereocenters. The summed E-state index contributed by atoms with van der Waals surface area (Å²) in [5.74, 6) is 1.53. The minimum Gasteiger partial charge on any atom is -0.497 e. The zero-order valence-corrected chi connectivity index (χ0v) is 11.1. The van der Waals surface area contributed by atoms with E-state index in [9.17, 15) is 4.79 Å². The highest BCUT2D eigenvalue weighted by molar-refractivity contribution is 5.58. The van der Waals surface area contributed by atoms with Crippen LogP contribution in [0.25, 0.3) is 11.4 Å². The van der Waals surface area contributed by atoms with Crippen LogP contribution in [0.1, 0.15) is 18.9 Å². The number of nitrogen functional groups attached to an aromatic ring is 1. The molecule has 1 aromatic carbocycles. The number of aromatic amines is 1. The predicted octanol–water partition coefficient (Wildman–Crippen LogP) is 1.98. The van der Waals surface area contributed by atoms with Crippen LogP contribution in [0.2, 0.25) is 0 Å². The summed E-state index contributed by atoms with van der Waals surface area (Å²) in [5, 5.41) is 0. The fourth-order valence-electron chi connectivity index (χ4n) is 1.89. The highest BCUT2D eigenvalue weighted by atomic mass is 16.5. The molecule has 2 aromatic rings. The third-order valence-electron chi connectivity index (χ3n) is 2.91. The number of ether oxygens (including phenoxy) is 1. The molecule has 0 aliphatic rings. The molecule has 5 heteroatoms. The van der Waals surface area contributed by atoms with Crippen LogP contribution in [0, 0.1) is 0 Å². The van der Waals surface area contributed by atoms with Crippen molar-refractivity contribution in [3.63, 3.8) is 0 Å². The minimum absolute atomic E-state index is 0.167. The summed E-state index contributed by atoms with van der Waals surface area (Å²) in [5.41, 5.74) is 7.03. The minimum atomic E-state index is -0.167. The highest BCUT2D eigenvalue weighted by Crippen LogP contribution is 2.19. The zero-order valence-electron chi connectivity index (χ0n) is 11.1. The van der Waals surface area contributed by atoms with Crippen LogP contribution in [-0.4, -0.2) is 17.1 Å². The Morgan fingerprint density at radius 1 is 1.32 bits per heavy atom. The smallest absolute Gasteiger partial charge is 0.256 e. The van der Waals surface area contributed by atoms with Crippen molar-refractivity contribution in [1.82, 2.24) is 9.97 Å². The summed E-state index contributed by atoms with van der Waals surface area (Å²) < 4.78 is 5.09. The lowest BCUT2D eigenvalue weighted by molar-refractivity contribution is 0.415. The summed E-state index contributed by atoms with van der Waals surface area (Å²) in [6, 6.07) is 7.28. The Morgan fingerprint density at radius 2 is 2.00 bits per heavy atom. The Labute approximate surface area is 111 Å². The number of nitrogens with zero attached hydrogens (tertiary/aromatic N) is 1. The Bertz CT molecular complexity index is 618. The molecule has 19 heavy (non-hydrogen) atoms. The third kappa shape index (κ3) is 2.76. The van der Waals surface area contributed by atoms with Crippen molar-refractivity contribution < 1.29 is 4.74 Å². The van der Waals surface area contributed by atoms with Gasteiger partial charge in [-0.25, -0.2) is 4.98 Å². The summed E-state index contributed by atoms with van der Waals surface area (Å²) in [7, 11) is 1.60. The van der Waals surface area contributed by atoms with E-state index >= 15 is 0 Å². The van der Waals surface area contributed by atoms with Gasteiger partial charge in [0, 0.05) is 5.56 Å². The average Bonchev–Trinajstić information content (AvgIpc) is 2.43. The first-order valence-electron chi connectivity index (χ1n) is 6.18. The van der Waals surface area contributed by atoms with Gasteiger partial charge in [-0.15, -0.1) is 0 Å². The molecule has 3 N–H and O–H groups in total. The molecule has 2 rings (SSSR count). The van der Waals surface area contributed by atoms with Gasteiger partial charge in [0.25, 0.3) is 5.56 Å². The van der Waals surface area contributed by atoms with E-state index in [0.29, 0.717) is 23.6 Å². The maximum atomic E-state index is 11.9. The van der Waals surface area contributed by atoms with Gasteiger partial charge in [-0.3, -0.25) is 4.79 Å². The Balaban J connectivity index is 2.42. The van der Waals surface area contributed by atoms with Gasteiger partial charge in [0.15, 0.2) is 0 Å². The van der Waals surface area contributed by atoms with Crippen molar-refractivity contribution in [2.24, 2.45) is 0 Å². The maximum Gasteiger partial charge on any atom is 0.256 e. The quantitative estimate of drug-likeness (QED) is 0.879. The predicted molar refractivity (Wildman–Crippen MR) is 75.3 cm³/mol.